The van der Waals surface area contributed by atoms with Crippen LogP contribution in [0.1, 0.15) is 25.0 Å². The Hall–Kier alpha value is -5.07. The number of nitrogens with zero attached hydrogens (tertiary/aromatic N) is 1. The second kappa shape index (κ2) is 16.7. The minimum atomic E-state index is -1.57. The van der Waals surface area contributed by atoms with E-state index in [1.807, 2.05) is 5.32 Å². The van der Waals surface area contributed by atoms with Gasteiger partial charge in [-0.15, -0.1) is 0 Å². The van der Waals surface area contributed by atoms with Gasteiger partial charge in [-0.3, -0.25) is 33.6 Å². The number of carboxylic acids is 1. The highest BCUT2D eigenvalue weighted by atomic mass is 16.4. The second-order valence-electron chi connectivity index (χ2n) is 8.35. The third-order valence-corrected chi connectivity index (χ3v) is 5.00. The van der Waals surface area contributed by atoms with Crippen LogP contribution in [0.25, 0.3) is 0 Å². The monoisotopic (exact) mass is 568 g/mol. The molecule has 0 aromatic carbocycles. The molecule has 1 heterocycles. The molecule has 7 amide bonds. The Labute approximate surface area is 226 Å². The molecule has 0 aliphatic heterocycles. The van der Waals surface area contributed by atoms with E-state index in [9.17, 15) is 38.4 Å². The molecule has 0 fully saturated rings. The molecule has 1 aromatic rings. The van der Waals surface area contributed by atoms with Gasteiger partial charge in [-0.05, 0) is 6.42 Å². The quantitative estimate of drug-likeness (QED) is 0.0793. The highest BCUT2D eigenvalue weighted by Gasteiger charge is 2.25. The zero-order valence-corrected chi connectivity index (χ0v) is 21.2. The van der Waals surface area contributed by atoms with Crippen molar-refractivity contribution in [1.29, 1.82) is 0 Å². The maximum absolute atomic E-state index is 12.7. The number of hydrogen-bond acceptors (Lipinski definition) is 10. The molecule has 19 heteroatoms. The molecule has 13 N–H and O–H groups in total. The lowest BCUT2D eigenvalue weighted by Crippen LogP contribution is -2.54. The second-order valence-corrected chi connectivity index (χ2v) is 8.35. The summed E-state index contributed by atoms with van der Waals surface area (Å²) in [6.45, 7) is -1.82. The van der Waals surface area contributed by atoms with E-state index in [4.69, 9.17) is 22.3 Å². The number of amides is 7. The maximum atomic E-state index is 12.7. The van der Waals surface area contributed by atoms with Crippen LogP contribution < -0.4 is 43.8 Å². The van der Waals surface area contributed by atoms with Crippen molar-refractivity contribution in [2.45, 2.75) is 43.8 Å². The first kappa shape index (κ1) is 33.0. The Kier molecular flexibility index (Phi) is 13.8. The number of nitrogens with one attached hydrogen (secondary N) is 6. The summed E-state index contributed by atoms with van der Waals surface area (Å²) >= 11 is 0. The average Bonchev–Trinajstić information content (AvgIpc) is 3.39. The van der Waals surface area contributed by atoms with Gasteiger partial charge in [0.1, 0.15) is 12.1 Å². The third-order valence-electron chi connectivity index (χ3n) is 5.00. The molecule has 0 saturated heterocycles. The molecular weight excluding hydrogens is 536 g/mol. The highest BCUT2D eigenvalue weighted by Crippen LogP contribution is 2.01. The maximum Gasteiger partial charge on any atom is 0.326 e. The number of imidazole rings is 1. The zero-order chi connectivity index (χ0) is 30.2. The summed E-state index contributed by atoms with van der Waals surface area (Å²) in [5, 5.41) is 20.0. The van der Waals surface area contributed by atoms with Gasteiger partial charge in [-0.1, -0.05) is 0 Å². The highest BCUT2D eigenvalue weighted by molar-refractivity contribution is 5.94. The lowest BCUT2D eigenvalue weighted by Gasteiger charge is -2.20. The number of primary amides is 2. The van der Waals surface area contributed by atoms with E-state index in [1.165, 1.54) is 12.5 Å². The van der Waals surface area contributed by atoms with E-state index in [2.05, 4.69) is 31.2 Å². The van der Waals surface area contributed by atoms with Crippen LogP contribution in [0.3, 0.4) is 0 Å². The van der Waals surface area contributed by atoms with Crippen LogP contribution in [0.5, 0.6) is 0 Å². The van der Waals surface area contributed by atoms with Gasteiger partial charge in [0, 0.05) is 24.7 Å². The predicted octanol–water partition coefficient (Wildman–Crippen LogP) is -6.18. The summed E-state index contributed by atoms with van der Waals surface area (Å²) in [6.07, 6.45) is 1.92. The van der Waals surface area contributed by atoms with Crippen molar-refractivity contribution in [3.05, 3.63) is 18.2 Å². The Balaban J connectivity index is 2.52. The summed E-state index contributed by atoms with van der Waals surface area (Å²) < 4.78 is 0. The van der Waals surface area contributed by atoms with E-state index in [0.717, 1.165) is 0 Å². The van der Waals surface area contributed by atoms with E-state index in [0.29, 0.717) is 5.69 Å². The molecule has 0 saturated carbocycles. The van der Waals surface area contributed by atoms with Gasteiger partial charge in [-0.2, -0.15) is 0 Å². The molecule has 0 bridgehead atoms. The van der Waals surface area contributed by atoms with Crippen molar-refractivity contribution in [2.75, 3.05) is 19.6 Å². The Morgan fingerprint density at radius 3 is 1.95 bits per heavy atom. The molecule has 0 radical (unpaired) electrons. The van der Waals surface area contributed by atoms with Gasteiger partial charge in [0.25, 0.3) is 0 Å². The van der Waals surface area contributed by atoms with Crippen molar-refractivity contribution in [2.24, 2.45) is 17.2 Å². The first-order chi connectivity index (χ1) is 18.8. The fourth-order valence-corrected chi connectivity index (χ4v) is 2.95. The average molecular weight is 569 g/mol. The van der Waals surface area contributed by atoms with Gasteiger partial charge in [-0.25, -0.2) is 9.78 Å². The van der Waals surface area contributed by atoms with Crippen LogP contribution in [0, 0.1) is 0 Å². The topological polar surface area (TPSA) is 324 Å². The minimum absolute atomic E-state index is 0.0334. The fraction of sp³-hybridized carbons (Fsp3) is 0.476. The Morgan fingerprint density at radius 1 is 0.825 bits per heavy atom. The number of aliphatic carboxylic acids is 1. The molecule has 1 rings (SSSR count). The number of carbonyl (C=O) groups is 8. The smallest absolute Gasteiger partial charge is 0.326 e. The molecule has 19 nitrogen and oxygen atoms in total. The van der Waals surface area contributed by atoms with Crippen molar-refractivity contribution in [1.82, 2.24) is 36.6 Å². The van der Waals surface area contributed by atoms with Crippen LogP contribution in [0.2, 0.25) is 0 Å². The molecule has 0 unspecified atom stereocenters. The van der Waals surface area contributed by atoms with Gasteiger partial charge < -0.3 is 53.9 Å². The molecule has 0 aliphatic carbocycles. The lowest BCUT2D eigenvalue weighted by atomic mass is 10.1. The number of hydrogen-bond donors (Lipinski definition) is 10. The normalized spacial score (nSPS) is 12.6. The molecule has 40 heavy (non-hydrogen) atoms. The fourth-order valence-electron chi connectivity index (χ4n) is 2.95. The summed E-state index contributed by atoms with van der Waals surface area (Å²) in [5.74, 6) is -7.10. The van der Waals surface area contributed by atoms with Crippen molar-refractivity contribution >= 4 is 47.3 Å². The number of aromatic amines is 1. The number of aromatic nitrogens is 2. The first-order valence-electron chi connectivity index (χ1n) is 11.7. The number of rotatable bonds is 18. The largest absolute Gasteiger partial charge is 0.480 e. The molecule has 0 aliphatic rings. The number of nitrogens with two attached hydrogens (primary N) is 3. The Morgan fingerprint density at radius 2 is 1.43 bits per heavy atom. The SMILES string of the molecule is NC(=O)CC[C@H](N)C(=O)N[C@@H](Cc1cnc[nH]1)C(=O)NCC(=O)NCC(=O)NCC(=O)N[C@@H](CC(N)=O)C(=O)O. The molecule has 0 spiro atoms. The standard InChI is InChI=1S/C21H32N10O9/c22-11(1-2-14(23)32)19(37)31-12(3-10-5-25-9-29-10)20(38)28-7-17(35)26-6-16(34)27-8-18(36)30-13(21(39)40)4-15(24)33/h5,9,11-13H,1-4,6-8,22H2,(H2,23,32)(H2,24,33)(H,25,29)(H,26,35)(H,27,34)(H,28,38)(H,30,36)(H,31,37)(H,39,40)/t11-,12-,13-/m0/s1. The summed E-state index contributed by atoms with van der Waals surface area (Å²) in [7, 11) is 0. The van der Waals surface area contributed by atoms with Crippen LogP contribution >= 0.6 is 0 Å². The van der Waals surface area contributed by atoms with E-state index < -0.39 is 91.5 Å². The minimum Gasteiger partial charge on any atom is -0.480 e. The predicted molar refractivity (Wildman–Crippen MR) is 133 cm³/mol. The van der Waals surface area contributed by atoms with Gasteiger partial charge >= 0.3 is 5.97 Å². The van der Waals surface area contributed by atoms with Crippen LogP contribution in [-0.4, -0.2) is 100 Å². The van der Waals surface area contributed by atoms with E-state index >= 15 is 0 Å². The molecule has 220 valence electrons. The zero-order valence-electron chi connectivity index (χ0n) is 21.2. The number of H-pyrrole nitrogens is 1. The third kappa shape index (κ3) is 13.5. The summed E-state index contributed by atoms with van der Waals surface area (Å²) in [5.41, 5.74) is 16.2. The Bertz CT molecular complexity index is 1090. The van der Waals surface area contributed by atoms with Gasteiger partial charge in [0.15, 0.2) is 0 Å². The van der Waals surface area contributed by atoms with Crippen LogP contribution in [0.15, 0.2) is 12.5 Å². The van der Waals surface area contributed by atoms with E-state index in [-0.39, 0.29) is 19.3 Å². The van der Waals surface area contributed by atoms with Crippen LogP contribution in [-0.2, 0) is 44.8 Å². The van der Waals surface area contributed by atoms with Crippen LogP contribution in [0.4, 0.5) is 0 Å². The number of carbonyl (C=O) groups excluding carboxylic acids is 7. The molecule has 3 atom stereocenters. The first-order valence-corrected chi connectivity index (χ1v) is 11.7. The van der Waals surface area contributed by atoms with Gasteiger partial charge in [0.2, 0.25) is 41.4 Å². The number of carboxylic acid groups (broad SMARTS) is 1. The van der Waals surface area contributed by atoms with Gasteiger partial charge in [0.05, 0.1) is 38.4 Å². The summed E-state index contributed by atoms with van der Waals surface area (Å²) in [4.78, 5) is 100. The van der Waals surface area contributed by atoms with Crippen molar-refractivity contribution in [3.8, 4) is 0 Å². The van der Waals surface area contributed by atoms with Crippen molar-refractivity contribution in [3.63, 3.8) is 0 Å². The molecular formula is C21H32N10O9. The summed E-state index contributed by atoms with van der Waals surface area (Å²) in [6, 6.07) is -3.86. The lowest BCUT2D eigenvalue weighted by molar-refractivity contribution is -0.143. The molecule has 1 aromatic heterocycles. The van der Waals surface area contributed by atoms with Crippen molar-refractivity contribution < 1.29 is 43.5 Å². The van der Waals surface area contributed by atoms with E-state index in [1.54, 1.807) is 0 Å².